The maximum absolute atomic E-state index is 8.87. The van der Waals surface area contributed by atoms with E-state index in [1.807, 2.05) is 0 Å². The third-order valence-electron chi connectivity index (χ3n) is 2.58. The minimum atomic E-state index is 0.211. The summed E-state index contributed by atoms with van der Waals surface area (Å²) >= 11 is 0. The zero-order chi connectivity index (χ0) is 10.9. The number of amidine groups is 1. The van der Waals surface area contributed by atoms with Crippen LogP contribution in [-0.4, -0.2) is 42.1 Å². The maximum Gasteiger partial charge on any atom is 0.123 e. The van der Waals surface area contributed by atoms with E-state index in [2.05, 4.69) is 29.0 Å². The molecule has 1 aliphatic heterocycles. The van der Waals surface area contributed by atoms with Crippen LogP contribution in [0.25, 0.3) is 0 Å². The largest absolute Gasteiger partial charge is 0.395 e. The van der Waals surface area contributed by atoms with Gasteiger partial charge < -0.3 is 10.0 Å². The normalized spacial score (nSPS) is 16.4. The van der Waals surface area contributed by atoms with Gasteiger partial charge in [-0.1, -0.05) is 25.8 Å². The highest BCUT2D eigenvalue weighted by atomic mass is 16.3. The molecule has 3 nitrogen and oxygen atoms in total. The second-order valence-electron chi connectivity index (χ2n) is 3.85. The van der Waals surface area contributed by atoms with Gasteiger partial charge in [-0.15, -0.1) is 0 Å². The number of allylic oxidation sites excluding steroid dienone is 1. The molecule has 0 spiro atoms. The Morgan fingerprint density at radius 1 is 1.47 bits per heavy atom. The monoisotopic (exact) mass is 210 g/mol. The van der Waals surface area contributed by atoms with Crippen molar-refractivity contribution in [1.29, 1.82) is 0 Å². The highest BCUT2D eigenvalue weighted by Gasteiger charge is 2.12. The lowest BCUT2D eigenvalue weighted by molar-refractivity contribution is 0.257. The van der Waals surface area contributed by atoms with Crippen LogP contribution in [0.4, 0.5) is 0 Å². The van der Waals surface area contributed by atoms with E-state index in [1.165, 1.54) is 19.3 Å². The fourth-order valence-corrected chi connectivity index (χ4v) is 1.71. The van der Waals surface area contributed by atoms with Crippen LogP contribution in [0.3, 0.4) is 0 Å². The fourth-order valence-electron chi connectivity index (χ4n) is 1.71. The van der Waals surface area contributed by atoms with Gasteiger partial charge in [0.1, 0.15) is 5.84 Å². The van der Waals surface area contributed by atoms with Gasteiger partial charge in [0, 0.05) is 13.1 Å². The minimum Gasteiger partial charge on any atom is -0.395 e. The number of aliphatic hydroxyl groups excluding tert-OH is 1. The standard InChI is InChI=1S/C12H22N2O/c1-2-3-4-5-6-7-12-13-8-9-14(12)10-11-15/h6-7,15H,2-5,8-11H2,1H3. The second kappa shape index (κ2) is 7.46. The van der Waals surface area contributed by atoms with Gasteiger partial charge in [-0.3, -0.25) is 4.99 Å². The highest BCUT2D eigenvalue weighted by molar-refractivity contribution is 5.94. The highest BCUT2D eigenvalue weighted by Crippen LogP contribution is 2.04. The first-order chi connectivity index (χ1) is 7.38. The Morgan fingerprint density at radius 3 is 3.07 bits per heavy atom. The van der Waals surface area contributed by atoms with Crippen LogP contribution in [0.2, 0.25) is 0 Å². The zero-order valence-corrected chi connectivity index (χ0v) is 9.65. The predicted octanol–water partition coefficient (Wildman–Crippen LogP) is 1.83. The summed E-state index contributed by atoms with van der Waals surface area (Å²) in [6, 6.07) is 0. The lowest BCUT2D eigenvalue weighted by Crippen LogP contribution is -2.29. The van der Waals surface area contributed by atoms with E-state index in [0.29, 0.717) is 6.54 Å². The number of β-amino-alcohol motifs (C(OH)–C–C–N with tert-alkyl or cyclic N) is 1. The number of aliphatic hydroxyl groups is 1. The number of rotatable bonds is 7. The fraction of sp³-hybridized carbons (Fsp3) is 0.750. The van der Waals surface area contributed by atoms with Crippen LogP contribution in [0.1, 0.15) is 32.6 Å². The van der Waals surface area contributed by atoms with Crippen LogP contribution < -0.4 is 0 Å². The summed E-state index contributed by atoms with van der Waals surface area (Å²) in [5.41, 5.74) is 0. The minimum absolute atomic E-state index is 0.211. The lowest BCUT2D eigenvalue weighted by atomic mass is 10.2. The first-order valence-corrected chi connectivity index (χ1v) is 5.95. The van der Waals surface area contributed by atoms with E-state index in [4.69, 9.17) is 5.11 Å². The van der Waals surface area contributed by atoms with E-state index < -0.39 is 0 Å². The van der Waals surface area contributed by atoms with Gasteiger partial charge in [0.05, 0.1) is 13.2 Å². The number of hydrogen-bond acceptors (Lipinski definition) is 3. The summed E-state index contributed by atoms with van der Waals surface area (Å²) in [4.78, 5) is 6.53. The molecule has 0 saturated heterocycles. The Hall–Kier alpha value is -0.830. The van der Waals surface area contributed by atoms with Gasteiger partial charge in [-0.25, -0.2) is 0 Å². The smallest absolute Gasteiger partial charge is 0.123 e. The predicted molar refractivity (Wildman–Crippen MR) is 64.2 cm³/mol. The van der Waals surface area contributed by atoms with Gasteiger partial charge in [0.2, 0.25) is 0 Å². The van der Waals surface area contributed by atoms with Gasteiger partial charge in [0.25, 0.3) is 0 Å². The van der Waals surface area contributed by atoms with Gasteiger partial charge >= 0.3 is 0 Å². The average molecular weight is 210 g/mol. The maximum atomic E-state index is 8.87. The van der Waals surface area contributed by atoms with Crippen LogP contribution >= 0.6 is 0 Å². The molecule has 0 aromatic rings. The summed E-state index contributed by atoms with van der Waals surface area (Å²) in [6.07, 6.45) is 9.27. The Balaban J connectivity index is 2.24. The third kappa shape index (κ3) is 4.47. The summed E-state index contributed by atoms with van der Waals surface area (Å²) in [7, 11) is 0. The number of nitrogens with zero attached hydrogens (tertiary/aromatic N) is 2. The van der Waals surface area contributed by atoms with E-state index in [-0.39, 0.29) is 6.61 Å². The Morgan fingerprint density at radius 2 is 2.33 bits per heavy atom. The number of hydrogen-bond donors (Lipinski definition) is 1. The molecule has 0 saturated carbocycles. The molecular weight excluding hydrogens is 188 g/mol. The molecular formula is C12H22N2O. The quantitative estimate of drug-likeness (QED) is 0.651. The second-order valence-corrected chi connectivity index (χ2v) is 3.85. The topological polar surface area (TPSA) is 35.8 Å². The molecule has 0 atom stereocenters. The number of unbranched alkanes of at least 4 members (excludes halogenated alkanes) is 3. The van der Waals surface area contributed by atoms with E-state index in [1.54, 1.807) is 0 Å². The van der Waals surface area contributed by atoms with E-state index in [0.717, 1.165) is 25.3 Å². The molecule has 0 bridgehead atoms. The van der Waals surface area contributed by atoms with Crippen molar-refractivity contribution in [2.75, 3.05) is 26.2 Å². The lowest BCUT2D eigenvalue weighted by Gasteiger charge is -2.16. The molecule has 15 heavy (non-hydrogen) atoms. The van der Waals surface area contributed by atoms with Gasteiger partial charge in [0.15, 0.2) is 0 Å². The van der Waals surface area contributed by atoms with E-state index in [9.17, 15) is 0 Å². The summed E-state index contributed by atoms with van der Waals surface area (Å²) in [5, 5.41) is 8.87. The molecule has 86 valence electrons. The molecule has 1 aliphatic rings. The van der Waals surface area contributed by atoms with Crippen molar-refractivity contribution in [2.45, 2.75) is 32.6 Å². The Kier molecular flexibility index (Phi) is 6.09. The van der Waals surface area contributed by atoms with Crippen molar-refractivity contribution in [3.05, 3.63) is 12.2 Å². The molecule has 0 radical (unpaired) electrons. The first kappa shape index (κ1) is 12.2. The molecule has 3 heteroatoms. The molecule has 1 N–H and O–H groups in total. The van der Waals surface area contributed by atoms with Crippen molar-refractivity contribution in [1.82, 2.24) is 4.90 Å². The van der Waals surface area contributed by atoms with Crippen molar-refractivity contribution < 1.29 is 5.11 Å². The summed E-state index contributed by atoms with van der Waals surface area (Å²) in [5.74, 6) is 1.04. The van der Waals surface area contributed by atoms with Crippen molar-refractivity contribution >= 4 is 5.84 Å². The van der Waals surface area contributed by atoms with Crippen molar-refractivity contribution in [2.24, 2.45) is 4.99 Å². The summed E-state index contributed by atoms with van der Waals surface area (Å²) < 4.78 is 0. The van der Waals surface area contributed by atoms with E-state index >= 15 is 0 Å². The molecule has 1 heterocycles. The molecule has 0 aromatic carbocycles. The zero-order valence-electron chi connectivity index (χ0n) is 9.65. The Bertz CT molecular complexity index is 224. The average Bonchev–Trinajstić information content (AvgIpc) is 2.66. The molecule has 0 fully saturated rings. The van der Waals surface area contributed by atoms with Crippen LogP contribution in [0.5, 0.6) is 0 Å². The van der Waals surface area contributed by atoms with Crippen LogP contribution in [0.15, 0.2) is 17.1 Å². The molecule has 0 aromatic heterocycles. The van der Waals surface area contributed by atoms with Crippen LogP contribution in [0, 0.1) is 0 Å². The number of aliphatic imine (C=N–C) groups is 1. The SMILES string of the molecule is CCCCCC=CC1=NCCN1CCO. The summed E-state index contributed by atoms with van der Waals surface area (Å²) in [6.45, 7) is 4.96. The van der Waals surface area contributed by atoms with Crippen molar-refractivity contribution in [3.8, 4) is 0 Å². The van der Waals surface area contributed by atoms with Crippen LogP contribution in [-0.2, 0) is 0 Å². The van der Waals surface area contributed by atoms with Gasteiger partial charge in [-0.2, -0.15) is 0 Å². The first-order valence-electron chi connectivity index (χ1n) is 5.95. The Labute approximate surface area is 92.5 Å². The molecule has 0 amide bonds. The van der Waals surface area contributed by atoms with Crippen molar-refractivity contribution in [3.63, 3.8) is 0 Å². The van der Waals surface area contributed by atoms with Gasteiger partial charge in [-0.05, 0) is 18.9 Å². The molecule has 0 aliphatic carbocycles. The molecule has 0 unspecified atom stereocenters. The molecule has 1 rings (SSSR count). The third-order valence-corrected chi connectivity index (χ3v) is 2.58.